The lowest BCUT2D eigenvalue weighted by Crippen LogP contribution is -2.17. The van der Waals surface area contributed by atoms with Crippen LogP contribution in [0.2, 0.25) is 0 Å². The minimum absolute atomic E-state index is 0.0399. The molecule has 0 radical (unpaired) electrons. The second-order valence-corrected chi connectivity index (χ2v) is 5.61. The van der Waals surface area contributed by atoms with Crippen LogP contribution < -0.4 is 0 Å². The highest BCUT2D eigenvalue weighted by molar-refractivity contribution is 14.1. The van der Waals surface area contributed by atoms with Gasteiger partial charge in [0.15, 0.2) is 5.82 Å². The Kier molecular flexibility index (Phi) is 5.57. The van der Waals surface area contributed by atoms with Crippen LogP contribution in [0.15, 0.2) is 30.6 Å². The molecule has 0 saturated heterocycles. The Morgan fingerprint density at radius 1 is 1.19 bits per heavy atom. The van der Waals surface area contributed by atoms with Gasteiger partial charge >= 0.3 is 6.18 Å². The van der Waals surface area contributed by atoms with E-state index in [-0.39, 0.29) is 6.61 Å². The zero-order valence-electron chi connectivity index (χ0n) is 11.0. The summed E-state index contributed by atoms with van der Waals surface area (Å²) in [4.78, 5) is 4.18. The second kappa shape index (κ2) is 7.21. The van der Waals surface area contributed by atoms with E-state index in [4.69, 9.17) is 0 Å². The molecule has 0 saturated carbocycles. The zero-order valence-corrected chi connectivity index (χ0v) is 13.1. The Morgan fingerprint density at radius 3 is 2.57 bits per heavy atom. The fourth-order valence-corrected chi connectivity index (χ4v) is 2.01. The minimum atomic E-state index is -4.27. The molecule has 1 aromatic carbocycles. The summed E-state index contributed by atoms with van der Waals surface area (Å²) in [6.07, 6.45) is -2.26. The van der Waals surface area contributed by atoms with Crippen LogP contribution in [0, 0.1) is 3.57 Å². The smallest absolute Gasteiger partial charge is 0.372 e. The van der Waals surface area contributed by atoms with Crippen molar-refractivity contribution in [3.05, 3.63) is 34.2 Å². The van der Waals surface area contributed by atoms with E-state index >= 15 is 0 Å². The first-order valence-electron chi connectivity index (χ1n) is 6.24. The van der Waals surface area contributed by atoms with E-state index in [0.717, 1.165) is 9.13 Å². The summed E-state index contributed by atoms with van der Waals surface area (Å²) < 4.78 is 42.9. The van der Waals surface area contributed by atoms with Crippen molar-refractivity contribution < 1.29 is 17.9 Å². The Balaban J connectivity index is 1.79. The number of halogens is 4. The van der Waals surface area contributed by atoms with Gasteiger partial charge in [-0.05, 0) is 41.1 Å². The van der Waals surface area contributed by atoms with Gasteiger partial charge in [-0.3, -0.25) is 4.68 Å². The molecule has 0 aliphatic carbocycles. The first-order valence-corrected chi connectivity index (χ1v) is 7.32. The lowest BCUT2D eigenvalue weighted by Gasteiger charge is -2.07. The van der Waals surface area contributed by atoms with E-state index < -0.39 is 12.8 Å². The SMILES string of the molecule is FC(F)(F)COCCCn1cnc(-c2ccc(I)cc2)n1. The molecular weight excluding hydrogens is 398 g/mol. The summed E-state index contributed by atoms with van der Waals surface area (Å²) in [5, 5.41) is 4.28. The predicted molar refractivity (Wildman–Crippen MR) is 79.7 cm³/mol. The molecule has 0 spiro atoms. The summed E-state index contributed by atoms with van der Waals surface area (Å²) in [6, 6.07) is 7.77. The van der Waals surface area contributed by atoms with Crippen LogP contribution in [-0.4, -0.2) is 34.2 Å². The highest BCUT2D eigenvalue weighted by Gasteiger charge is 2.27. The number of benzene rings is 1. The average Bonchev–Trinajstić information content (AvgIpc) is 2.87. The van der Waals surface area contributed by atoms with Gasteiger partial charge in [0, 0.05) is 22.3 Å². The van der Waals surface area contributed by atoms with Gasteiger partial charge in [-0.1, -0.05) is 12.1 Å². The van der Waals surface area contributed by atoms with E-state index in [0.29, 0.717) is 18.8 Å². The molecule has 2 rings (SSSR count). The number of aryl methyl sites for hydroxylation is 1. The van der Waals surface area contributed by atoms with Crippen molar-refractivity contribution in [1.82, 2.24) is 14.8 Å². The molecule has 2 aromatic rings. The number of nitrogens with zero attached hydrogens (tertiary/aromatic N) is 3. The molecule has 114 valence electrons. The van der Waals surface area contributed by atoms with Gasteiger partial charge in [0.1, 0.15) is 12.9 Å². The molecule has 0 atom stereocenters. The normalized spacial score (nSPS) is 11.8. The molecule has 1 heterocycles. The molecule has 4 nitrogen and oxygen atoms in total. The quantitative estimate of drug-likeness (QED) is 0.540. The van der Waals surface area contributed by atoms with Crippen LogP contribution in [0.4, 0.5) is 13.2 Å². The van der Waals surface area contributed by atoms with E-state index in [1.807, 2.05) is 24.3 Å². The van der Waals surface area contributed by atoms with Crippen LogP contribution in [0.1, 0.15) is 6.42 Å². The van der Waals surface area contributed by atoms with Crippen molar-refractivity contribution in [1.29, 1.82) is 0 Å². The monoisotopic (exact) mass is 411 g/mol. The van der Waals surface area contributed by atoms with Crippen LogP contribution >= 0.6 is 22.6 Å². The molecule has 0 N–H and O–H groups in total. The van der Waals surface area contributed by atoms with Gasteiger partial charge < -0.3 is 4.74 Å². The van der Waals surface area contributed by atoms with Crippen molar-refractivity contribution in [3.63, 3.8) is 0 Å². The maximum absolute atomic E-state index is 11.9. The van der Waals surface area contributed by atoms with Gasteiger partial charge in [-0.2, -0.15) is 18.3 Å². The van der Waals surface area contributed by atoms with Crippen LogP contribution in [0.25, 0.3) is 11.4 Å². The Hall–Kier alpha value is -1.16. The van der Waals surface area contributed by atoms with Gasteiger partial charge in [0.2, 0.25) is 0 Å². The highest BCUT2D eigenvalue weighted by Crippen LogP contribution is 2.16. The number of ether oxygens (including phenoxy) is 1. The van der Waals surface area contributed by atoms with Crippen molar-refractivity contribution in [2.45, 2.75) is 19.1 Å². The summed E-state index contributed by atoms with van der Waals surface area (Å²) in [7, 11) is 0. The second-order valence-electron chi connectivity index (χ2n) is 4.36. The number of hydrogen-bond acceptors (Lipinski definition) is 3. The number of alkyl halides is 3. The first-order chi connectivity index (χ1) is 9.94. The summed E-state index contributed by atoms with van der Waals surface area (Å²) in [6.45, 7) is -0.703. The predicted octanol–water partition coefficient (Wildman–Crippen LogP) is 3.52. The lowest BCUT2D eigenvalue weighted by atomic mass is 10.2. The van der Waals surface area contributed by atoms with Crippen molar-refractivity contribution in [2.75, 3.05) is 13.2 Å². The minimum Gasteiger partial charge on any atom is -0.372 e. The van der Waals surface area contributed by atoms with Gasteiger partial charge in [0.05, 0.1) is 0 Å². The van der Waals surface area contributed by atoms with Crippen LogP contribution in [-0.2, 0) is 11.3 Å². The third-order valence-corrected chi connectivity index (χ3v) is 3.30. The highest BCUT2D eigenvalue weighted by atomic mass is 127. The van der Waals surface area contributed by atoms with Gasteiger partial charge in [-0.25, -0.2) is 4.98 Å². The van der Waals surface area contributed by atoms with E-state index in [2.05, 4.69) is 37.4 Å². The molecule has 1 aromatic heterocycles. The van der Waals surface area contributed by atoms with E-state index in [1.165, 1.54) is 0 Å². The van der Waals surface area contributed by atoms with E-state index in [9.17, 15) is 13.2 Å². The molecule has 21 heavy (non-hydrogen) atoms. The Bertz CT molecular complexity index is 569. The average molecular weight is 411 g/mol. The van der Waals surface area contributed by atoms with E-state index in [1.54, 1.807) is 11.0 Å². The first kappa shape index (κ1) is 16.2. The summed E-state index contributed by atoms with van der Waals surface area (Å²) >= 11 is 2.21. The molecule has 0 unspecified atom stereocenters. The fraction of sp³-hybridized carbons (Fsp3) is 0.385. The lowest BCUT2D eigenvalue weighted by molar-refractivity contribution is -0.174. The largest absolute Gasteiger partial charge is 0.411 e. The third kappa shape index (κ3) is 5.62. The van der Waals surface area contributed by atoms with Crippen LogP contribution in [0.5, 0.6) is 0 Å². The summed E-state index contributed by atoms with van der Waals surface area (Å²) in [5.74, 6) is 0.600. The fourth-order valence-electron chi connectivity index (χ4n) is 1.65. The van der Waals surface area contributed by atoms with Crippen LogP contribution in [0.3, 0.4) is 0 Å². The molecular formula is C13H13F3IN3O. The van der Waals surface area contributed by atoms with Crippen molar-refractivity contribution in [2.24, 2.45) is 0 Å². The van der Waals surface area contributed by atoms with Gasteiger partial charge in [0.25, 0.3) is 0 Å². The van der Waals surface area contributed by atoms with Crippen molar-refractivity contribution >= 4 is 22.6 Å². The Morgan fingerprint density at radius 2 is 1.90 bits per heavy atom. The standard InChI is InChI=1S/C13H13F3IN3O/c14-13(15,16)8-21-7-1-6-20-9-18-12(19-20)10-2-4-11(17)5-3-10/h2-5,9H,1,6-8H2. The Labute approximate surface area is 133 Å². The zero-order chi connectivity index (χ0) is 15.3. The molecule has 0 fully saturated rings. The number of hydrogen-bond donors (Lipinski definition) is 0. The summed E-state index contributed by atoms with van der Waals surface area (Å²) in [5.41, 5.74) is 0.905. The number of aromatic nitrogens is 3. The molecule has 0 bridgehead atoms. The van der Waals surface area contributed by atoms with Gasteiger partial charge in [-0.15, -0.1) is 0 Å². The molecule has 0 aliphatic rings. The molecule has 0 amide bonds. The molecule has 8 heteroatoms. The maximum atomic E-state index is 11.9. The topological polar surface area (TPSA) is 39.9 Å². The maximum Gasteiger partial charge on any atom is 0.411 e. The van der Waals surface area contributed by atoms with Crippen molar-refractivity contribution in [3.8, 4) is 11.4 Å². The third-order valence-electron chi connectivity index (χ3n) is 2.58. The molecule has 0 aliphatic heterocycles. The number of rotatable bonds is 6.